The van der Waals surface area contributed by atoms with E-state index in [0.717, 1.165) is 23.8 Å². The summed E-state index contributed by atoms with van der Waals surface area (Å²) < 4.78 is 39.0. The Morgan fingerprint density at radius 1 is 1.00 bits per heavy atom. The number of thioether (sulfide) groups is 1. The first kappa shape index (κ1) is 32.5. The van der Waals surface area contributed by atoms with E-state index in [1.807, 2.05) is 55.5 Å². The molecule has 2 aromatic carbocycles. The molecule has 0 saturated carbocycles. The summed E-state index contributed by atoms with van der Waals surface area (Å²) >= 11 is 1.65. The molecule has 212 valence electrons. The van der Waals surface area contributed by atoms with Gasteiger partial charge in [-0.2, -0.15) is 8.42 Å². The summed E-state index contributed by atoms with van der Waals surface area (Å²) in [4.78, 5) is 11.2. The van der Waals surface area contributed by atoms with E-state index in [9.17, 15) is 18.3 Å². The number of hydrogen-bond acceptors (Lipinski definition) is 8. The van der Waals surface area contributed by atoms with E-state index < -0.39 is 22.3 Å². The Morgan fingerprint density at radius 3 is 2.00 bits per heavy atom. The van der Waals surface area contributed by atoms with Gasteiger partial charge in [0.15, 0.2) is 0 Å². The number of aliphatic hydroxyl groups is 1. The molecule has 2 aromatic rings. The molecule has 0 radical (unpaired) electrons. The van der Waals surface area contributed by atoms with Crippen molar-refractivity contribution in [2.75, 3.05) is 6.26 Å². The highest BCUT2D eigenvalue weighted by atomic mass is 32.2. The van der Waals surface area contributed by atoms with Crippen LogP contribution >= 0.6 is 11.8 Å². The topological polar surface area (TPSA) is 99.1 Å². The van der Waals surface area contributed by atoms with Crippen LogP contribution in [0.3, 0.4) is 0 Å². The first-order chi connectivity index (χ1) is 18.1. The SMILES string of the molecule is CC[C@@H](OS(C)(=O)=O)[C@@H](C)[C@@H](C=O)OCc1ccccc1.CC[C@@H]1SC(O)[C@@H](OCc2ccccc2)[C@@H]1C. The molecule has 9 heteroatoms. The monoisotopic (exact) mass is 566 g/mol. The molecule has 1 aliphatic heterocycles. The maximum atomic E-state index is 11.2. The summed E-state index contributed by atoms with van der Waals surface area (Å²) in [6.45, 7) is 8.79. The van der Waals surface area contributed by atoms with Gasteiger partial charge in [-0.25, -0.2) is 0 Å². The molecule has 0 spiro atoms. The number of hydrogen-bond donors (Lipinski definition) is 1. The lowest BCUT2D eigenvalue weighted by molar-refractivity contribution is -0.125. The summed E-state index contributed by atoms with van der Waals surface area (Å²) in [5.74, 6) is 0.0645. The van der Waals surface area contributed by atoms with Crippen LogP contribution in [-0.2, 0) is 41.8 Å². The molecular formula is C29H42O7S2. The van der Waals surface area contributed by atoms with Crippen LogP contribution in [0, 0.1) is 11.8 Å². The van der Waals surface area contributed by atoms with E-state index in [1.165, 1.54) is 0 Å². The fourth-order valence-corrected chi connectivity index (χ4v) is 6.56. The quantitative estimate of drug-likeness (QED) is 0.261. The van der Waals surface area contributed by atoms with Gasteiger partial charge in [0.25, 0.3) is 10.1 Å². The minimum Gasteiger partial charge on any atom is -0.380 e. The molecule has 1 aliphatic rings. The van der Waals surface area contributed by atoms with Gasteiger partial charge in [-0.15, -0.1) is 11.8 Å². The first-order valence-corrected chi connectivity index (χ1v) is 15.8. The molecule has 7 atom stereocenters. The van der Waals surface area contributed by atoms with Gasteiger partial charge in [0.1, 0.15) is 17.8 Å². The van der Waals surface area contributed by atoms with Gasteiger partial charge < -0.3 is 19.4 Å². The molecular weight excluding hydrogens is 524 g/mol. The summed E-state index contributed by atoms with van der Waals surface area (Å²) in [6, 6.07) is 19.6. The first-order valence-electron chi connectivity index (χ1n) is 13.1. The fourth-order valence-electron chi connectivity index (χ4n) is 4.37. The Hall–Kier alpha value is -1.75. The predicted octanol–water partition coefficient (Wildman–Crippen LogP) is 5.21. The minimum absolute atomic E-state index is 0.0369. The lowest BCUT2D eigenvalue weighted by atomic mass is 9.97. The zero-order valence-electron chi connectivity index (χ0n) is 22.9. The number of rotatable bonds is 13. The van der Waals surface area contributed by atoms with Crippen LogP contribution in [0.1, 0.15) is 51.7 Å². The van der Waals surface area contributed by atoms with Crippen molar-refractivity contribution in [1.82, 2.24) is 0 Å². The number of aliphatic hydroxyl groups excluding tert-OH is 1. The van der Waals surface area contributed by atoms with Crippen molar-refractivity contribution in [3.63, 3.8) is 0 Å². The van der Waals surface area contributed by atoms with Crippen LogP contribution in [0.2, 0.25) is 0 Å². The number of ether oxygens (including phenoxy) is 2. The molecule has 0 aliphatic carbocycles. The number of carbonyl (C=O) groups excluding carboxylic acids is 1. The lowest BCUT2D eigenvalue weighted by Gasteiger charge is -2.26. The molecule has 3 rings (SSSR count). The number of benzene rings is 2. The molecule has 1 N–H and O–H groups in total. The Labute approximate surface area is 232 Å². The average Bonchev–Trinajstić information content (AvgIpc) is 3.19. The van der Waals surface area contributed by atoms with Gasteiger partial charge in [-0.3, -0.25) is 4.18 Å². The third-order valence-corrected chi connectivity index (χ3v) is 8.87. The third kappa shape index (κ3) is 10.8. The Bertz CT molecular complexity index is 1030. The Kier molecular flexibility index (Phi) is 14.0. The Morgan fingerprint density at radius 2 is 1.55 bits per heavy atom. The molecule has 1 fully saturated rings. The van der Waals surface area contributed by atoms with Crippen molar-refractivity contribution in [2.45, 2.75) is 82.7 Å². The van der Waals surface area contributed by atoms with Crippen molar-refractivity contribution >= 4 is 28.2 Å². The molecule has 38 heavy (non-hydrogen) atoms. The van der Waals surface area contributed by atoms with Crippen molar-refractivity contribution < 1.29 is 32.0 Å². The highest BCUT2D eigenvalue weighted by molar-refractivity contribution is 8.00. The third-order valence-electron chi connectivity index (χ3n) is 6.61. The van der Waals surface area contributed by atoms with E-state index >= 15 is 0 Å². The standard InChI is InChI=1S/C15H22O5S.C14H20O2S/c1-4-14(20-21(3,17)18)12(2)15(10-16)19-11-13-8-6-5-7-9-13;1-3-12-10(2)13(14(15)17-12)16-9-11-7-5-4-6-8-11/h5-10,12,14-15H,4,11H2,1-3H3;4-8,10,12-15H,3,9H2,1-2H3/t12-,14-,15-;10-,12+,13+,14?/m11/s1. The lowest BCUT2D eigenvalue weighted by Crippen LogP contribution is -2.35. The number of aldehydes is 1. The second kappa shape index (κ2) is 16.4. The molecule has 1 unspecified atom stereocenters. The summed E-state index contributed by atoms with van der Waals surface area (Å²) in [6.07, 6.45) is 1.94. The van der Waals surface area contributed by atoms with Gasteiger partial charge >= 0.3 is 0 Å². The molecule has 1 heterocycles. The van der Waals surface area contributed by atoms with E-state index in [0.29, 0.717) is 37.1 Å². The smallest absolute Gasteiger partial charge is 0.264 e. The maximum Gasteiger partial charge on any atom is 0.264 e. The zero-order valence-corrected chi connectivity index (χ0v) is 24.6. The van der Waals surface area contributed by atoms with Gasteiger partial charge in [0.2, 0.25) is 0 Å². The minimum atomic E-state index is -3.56. The zero-order chi connectivity index (χ0) is 28.1. The van der Waals surface area contributed by atoms with Crippen LogP contribution in [0.15, 0.2) is 60.7 Å². The van der Waals surface area contributed by atoms with Crippen LogP contribution in [-0.4, -0.2) is 55.1 Å². The fraction of sp³-hybridized carbons (Fsp3) is 0.552. The molecule has 0 bridgehead atoms. The van der Waals surface area contributed by atoms with Crippen LogP contribution in [0.4, 0.5) is 0 Å². The largest absolute Gasteiger partial charge is 0.380 e. The maximum absolute atomic E-state index is 11.2. The van der Waals surface area contributed by atoms with Gasteiger partial charge in [-0.05, 0) is 29.9 Å². The highest BCUT2D eigenvalue weighted by Crippen LogP contribution is 2.40. The van der Waals surface area contributed by atoms with E-state index in [-0.39, 0.29) is 17.5 Å². The van der Waals surface area contributed by atoms with Crippen LogP contribution in [0.25, 0.3) is 0 Å². The summed E-state index contributed by atoms with van der Waals surface area (Å²) in [5.41, 5.74) is 1.74. The average molecular weight is 567 g/mol. The van der Waals surface area contributed by atoms with Gasteiger partial charge in [0.05, 0.1) is 31.7 Å². The summed E-state index contributed by atoms with van der Waals surface area (Å²) in [7, 11) is -3.56. The van der Waals surface area contributed by atoms with Crippen molar-refractivity contribution in [3.05, 3.63) is 71.8 Å². The van der Waals surface area contributed by atoms with Gasteiger partial charge in [-0.1, -0.05) is 88.4 Å². The molecule has 0 amide bonds. The Balaban J connectivity index is 0.000000272. The van der Waals surface area contributed by atoms with Gasteiger partial charge in [0, 0.05) is 11.2 Å². The second-order valence-electron chi connectivity index (χ2n) is 9.60. The van der Waals surface area contributed by atoms with Crippen molar-refractivity contribution in [2.24, 2.45) is 11.8 Å². The normalized spacial score (nSPS) is 23.6. The molecule has 0 aromatic heterocycles. The highest BCUT2D eigenvalue weighted by Gasteiger charge is 2.40. The summed E-state index contributed by atoms with van der Waals surface area (Å²) in [5, 5.41) is 10.5. The van der Waals surface area contributed by atoms with Crippen LogP contribution < -0.4 is 0 Å². The van der Waals surface area contributed by atoms with Crippen LogP contribution in [0.5, 0.6) is 0 Å². The van der Waals surface area contributed by atoms with Crippen molar-refractivity contribution in [3.8, 4) is 0 Å². The van der Waals surface area contributed by atoms with E-state index in [4.69, 9.17) is 13.7 Å². The predicted molar refractivity (Wildman–Crippen MR) is 152 cm³/mol. The van der Waals surface area contributed by atoms with E-state index in [1.54, 1.807) is 18.7 Å². The van der Waals surface area contributed by atoms with Crippen molar-refractivity contribution in [1.29, 1.82) is 0 Å². The number of carbonyl (C=O) groups is 1. The molecule has 7 nitrogen and oxygen atoms in total. The second-order valence-corrected chi connectivity index (χ2v) is 12.6. The molecule has 1 saturated heterocycles. The van der Waals surface area contributed by atoms with E-state index in [2.05, 4.69) is 26.0 Å².